The second kappa shape index (κ2) is 4.70. The third-order valence-electron chi connectivity index (χ3n) is 7.54. The molecule has 130 valence electrons. The van der Waals surface area contributed by atoms with Crippen molar-refractivity contribution in [3.63, 3.8) is 0 Å². The number of fused-ring (bicyclic) bond motifs is 3. The smallest absolute Gasteiger partial charge is 0.171 e. The van der Waals surface area contributed by atoms with Gasteiger partial charge >= 0.3 is 0 Å². The van der Waals surface area contributed by atoms with Crippen LogP contribution in [0.2, 0.25) is 0 Å². The Hall–Kier alpha value is -0.670. The first-order valence-electron chi connectivity index (χ1n) is 9.04. The lowest BCUT2D eigenvalue weighted by atomic mass is 9.42. The van der Waals surface area contributed by atoms with Gasteiger partial charge < -0.3 is 9.84 Å². The third-order valence-corrected chi connectivity index (χ3v) is 7.54. The van der Waals surface area contributed by atoms with Crippen LogP contribution in [0.15, 0.2) is 12.7 Å². The number of ketones is 1. The molecule has 3 fully saturated rings. The first kappa shape index (κ1) is 17.2. The van der Waals surface area contributed by atoms with Crippen molar-refractivity contribution in [3.05, 3.63) is 12.7 Å². The molecule has 0 amide bonds. The van der Waals surface area contributed by atoms with Crippen LogP contribution in [-0.2, 0) is 9.53 Å². The van der Waals surface area contributed by atoms with E-state index in [0.29, 0.717) is 5.92 Å². The largest absolute Gasteiger partial charge is 0.378 e. The second-order valence-corrected chi connectivity index (χ2v) is 9.51. The van der Waals surface area contributed by atoms with Crippen molar-refractivity contribution in [2.24, 2.45) is 16.7 Å². The summed E-state index contributed by atoms with van der Waals surface area (Å²) >= 11 is 0. The third kappa shape index (κ3) is 1.99. The second-order valence-electron chi connectivity index (χ2n) is 9.51. The molecule has 0 aromatic heterocycles. The minimum atomic E-state index is -1.40. The van der Waals surface area contributed by atoms with E-state index in [0.717, 1.165) is 25.7 Å². The molecule has 3 aliphatic rings. The van der Waals surface area contributed by atoms with Crippen LogP contribution in [0.1, 0.15) is 73.1 Å². The van der Waals surface area contributed by atoms with Crippen molar-refractivity contribution in [3.8, 4) is 0 Å². The maximum atomic E-state index is 13.2. The van der Waals surface area contributed by atoms with Gasteiger partial charge in [0.1, 0.15) is 5.60 Å². The van der Waals surface area contributed by atoms with Crippen LogP contribution >= 0.6 is 0 Å². The van der Waals surface area contributed by atoms with E-state index < -0.39 is 22.2 Å². The molecule has 1 N–H and O–H groups in total. The van der Waals surface area contributed by atoms with Gasteiger partial charge in [-0.1, -0.05) is 33.3 Å². The molecule has 3 heteroatoms. The molecule has 0 aromatic rings. The van der Waals surface area contributed by atoms with Gasteiger partial charge in [0.05, 0.1) is 5.60 Å². The van der Waals surface area contributed by atoms with E-state index in [4.69, 9.17) is 4.74 Å². The predicted molar refractivity (Wildman–Crippen MR) is 91.1 cm³/mol. The van der Waals surface area contributed by atoms with Crippen LogP contribution < -0.4 is 0 Å². The lowest BCUT2D eigenvalue weighted by molar-refractivity contribution is -0.307. The van der Waals surface area contributed by atoms with E-state index in [1.54, 1.807) is 6.08 Å². The van der Waals surface area contributed by atoms with Gasteiger partial charge in [0.25, 0.3) is 0 Å². The van der Waals surface area contributed by atoms with Gasteiger partial charge in [-0.25, -0.2) is 0 Å². The molecule has 0 spiro atoms. The molecule has 3 rings (SSSR count). The van der Waals surface area contributed by atoms with Crippen LogP contribution in [-0.4, -0.2) is 27.7 Å². The summed E-state index contributed by atoms with van der Waals surface area (Å²) in [6.07, 6.45) is 6.78. The Labute approximate surface area is 140 Å². The van der Waals surface area contributed by atoms with E-state index in [1.165, 1.54) is 6.42 Å². The van der Waals surface area contributed by atoms with Gasteiger partial charge in [0.15, 0.2) is 11.4 Å². The highest BCUT2D eigenvalue weighted by molar-refractivity contribution is 5.91. The van der Waals surface area contributed by atoms with E-state index >= 15 is 0 Å². The fourth-order valence-electron chi connectivity index (χ4n) is 6.32. The average Bonchev–Trinajstić information content (AvgIpc) is 2.42. The van der Waals surface area contributed by atoms with Gasteiger partial charge in [0.2, 0.25) is 0 Å². The summed E-state index contributed by atoms with van der Waals surface area (Å²) in [5.74, 6) is 0.293. The Bertz CT molecular complexity index is 553. The Morgan fingerprint density at radius 2 is 1.83 bits per heavy atom. The Morgan fingerprint density at radius 1 is 1.17 bits per heavy atom. The SMILES string of the molecule is C=C[C@]1(C)CC(=O)[C@]2(O)[C@@]3(C)CCCC(C)(C)[C@@H]3CC[C@]2(C)O1. The quantitative estimate of drug-likeness (QED) is 0.742. The number of hydrogen-bond acceptors (Lipinski definition) is 3. The number of carbonyl (C=O) groups is 1. The summed E-state index contributed by atoms with van der Waals surface area (Å²) in [7, 11) is 0. The Morgan fingerprint density at radius 3 is 2.43 bits per heavy atom. The fraction of sp³-hybridized carbons (Fsp3) is 0.850. The summed E-state index contributed by atoms with van der Waals surface area (Å²) in [5, 5.41) is 11.8. The van der Waals surface area contributed by atoms with Gasteiger partial charge in [-0.3, -0.25) is 4.79 Å². The minimum absolute atomic E-state index is 0.0569. The zero-order valence-electron chi connectivity index (χ0n) is 15.4. The highest BCUT2D eigenvalue weighted by Gasteiger charge is 2.73. The van der Waals surface area contributed by atoms with Crippen molar-refractivity contribution in [1.29, 1.82) is 0 Å². The normalized spacial score (nSPS) is 52.4. The Kier molecular flexibility index (Phi) is 3.50. The van der Waals surface area contributed by atoms with Crippen molar-refractivity contribution >= 4 is 5.78 Å². The van der Waals surface area contributed by atoms with Crippen molar-refractivity contribution < 1.29 is 14.6 Å². The monoisotopic (exact) mass is 320 g/mol. The van der Waals surface area contributed by atoms with Crippen LogP contribution in [0.4, 0.5) is 0 Å². The number of hydrogen-bond donors (Lipinski definition) is 1. The summed E-state index contributed by atoms with van der Waals surface area (Å²) < 4.78 is 6.38. The molecule has 0 aromatic carbocycles. The molecular weight excluding hydrogens is 288 g/mol. The molecule has 2 saturated carbocycles. The maximum absolute atomic E-state index is 13.2. The molecule has 2 aliphatic carbocycles. The molecule has 1 heterocycles. The van der Waals surface area contributed by atoms with Gasteiger partial charge in [-0.2, -0.15) is 0 Å². The molecule has 1 aliphatic heterocycles. The number of carbonyl (C=O) groups excluding carboxylic acids is 1. The van der Waals surface area contributed by atoms with E-state index in [1.807, 2.05) is 13.8 Å². The fourth-order valence-corrected chi connectivity index (χ4v) is 6.32. The van der Waals surface area contributed by atoms with Gasteiger partial charge in [-0.05, 0) is 50.9 Å². The lowest BCUT2D eigenvalue weighted by Gasteiger charge is -2.67. The first-order chi connectivity index (χ1) is 10.4. The summed E-state index contributed by atoms with van der Waals surface area (Å²) in [5.41, 5.74) is -3.16. The Balaban J connectivity index is 2.12. The van der Waals surface area contributed by atoms with Crippen LogP contribution in [0, 0.1) is 16.7 Å². The molecule has 0 bridgehead atoms. The number of aliphatic hydroxyl groups is 1. The van der Waals surface area contributed by atoms with E-state index in [2.05, 4.69) is 27.4 Å². The standard InChI is InChI=1S/C20H32O3/c1-7-17(4)13-15(21)20(22)18(5)11-8-10-16(2,3)14(18)9-12-19(20,6)23-17/h7,14,22H,1,8-13H2,2-6H3/t14-,17+,18-,19-,20-/m0/s1. The zero-order valence-corrected chi connectivity index (χ0v) is 15.4. The molecule has 0 radical (unpaired) electrons. The van der Waals surface area contributed by atoms with Crippen molar-refractivity contribution in [1.82, 2.24) is 0 Å². The maximum Gasteiger partial charge on any atom is 0.171 e. The molecule has 5 atom stereocenters. The van der Waals surface area contributed by atoms with Crippen LogP contribution in [0.5, 0.6) is 0 Å². The highest BCUT2D eigenvalue weighted by atomic mass is 16.5. The number of ether oxygens (including phenoxy) is 1. The van der Waals surface area contributed by atoms with Crippen molar-refractivity contribution in [2.75, 3.05) is 0 Å². The number of rotatable bonds is 1. The molecular formula is C20H32O3. The molecule has 0 unspecified atom stereocenters. The summed E-state index contributed by atoms with van der Waals surface area (Å²) in [4.78, 5) is 13.2. The molecule has 3 nitrogen and oxygen atoms in total. The number of Topliss-reactive ketones (excluding diaryl/α,β-unsaturated/α-hetero) is 1. The lowest BCUT2D eigenvalue weighted by Crippen LogP contribution is -2.77. The van der Waals surface area contributed by atoms with E-state index in [9.17, 15) is 9.90 Å². The highest BCUT2D eigenvalue weighted by Crippen LogP contribution is 2.66. The molecule has 23 heavy (non-hydrogen) atoms. The summed E-state index contributed by atoms with van der Waals surface area (Å²) in [6, 6.07) is 0. The van der Waals surface area contributed by atoms with Crippen LogP contribution in [0.25, 0.3) is 0 Å². The van der Waals surface area contributed by atoms with Gasteiger partial charge in [0, 0.05) is 11.8 Å². The first-order valence-corrected chi connectivity index (χ1v) is 9.04. The predicted octanol–water partition coefficient (Wildman–Crippen LogP) is 4.04. The minimum Gasteiger partial charge on any atom is -0.378 e. The van der Waals surface area contributed by atoms with Crippen molar-refractivity contribution in [2.45, 2.75) is 89.9 Å². The van der Waals surface area contributed by atoms with Crippen LogP contribution in [0.3, 0.4) is 0 Å². The topological polar surface area (TPSA) is 46.5 Å². The summed E-state index contributed by atoms with van der Waals surface area (Å²) in [6.45, 7) is 14.4. The van der Waals surface area contributed by atoms with Gasteiger partial charge in [-0.15, -0.1) is 6.58 Å². The average molecular weight is 320 g/mol. The van der Waals surface area contributed by atoms with E-state index in [-0.39, 0.29) is 17.6 Å². The zero-order chi connectivity index (χ0) is 17.3. The molecule has 1 saturated heterocycles.